The van der Waals surface area contributed by atoms with Crippen LogP contribution < -0.4 is 11.1 Å². The van der Waals surface area contributed by atoms with Crippen molar-refractivity contribution < 1.29 is 4.79 Å². The van der Waals surface area contributed by atoms with E-state index >= 15 is 0 Å². The molecule has 0 spiro atoms. The highest BCUT2D eigenvalue weighted by Gasteiger charge is 2.29. The first-order chi connectivity index (χ1) is 8.58. The monoisotopic (exact) mass is 252 g/mol. The Hall–Kier alpha value is -1.36. The molecule has 1 rings (SSSR count). The van der Waals surface area contributed by atoms with Crippen LogP contribution in [0.4, 0.5) is 0 Å². The summed E-state index contributed by atoms with van der Waals surface area (Å²) in [5.41, 5.74) is 4.89. The van der Waals surface area contributed by atoms with E-state index in [1.54, 1.807) is 6.20 Å². The predicted molar refractivity (Wildman–Crippen MR) is 72.0 cm³/mol. The molecule has 0 radical (unpaired) electrons. The minimum atomic E-state index is -0.583. The van der Waals surface area contributed by atoms with Gasteiger partial charge in [-0.05, 0) is 45.2 Å². The zero-order chi connectivity index (χ0) is 13.4. The maximum atomic E-state index is 11.5. The van der Waals surface area contributed by atoms with E-state index in [2.05, 4.69) is 17.3 Å². The number of rotatable bonds is 9. The minimum absolute atomic E-state index is 0.268. The van der Waals surface area contributed by atoms with Crippen molar-refractivity contribution in [1.29, 1.82) is 0 Å². The van der Waals surface area contributed by atoms with Gasteiger partial charge in [-0.3, -0.25) is 9.48 Å². The maximum absolute atomic E-state index is 11.5. The molecule has 18 heavy (non-hydrogen) atoms. The highest BCUT2D eigenvalue weighted by Crippen LogP contribution is 2.14. The van der Waals surface area contributed by atoms with E-state index in [-0.39, 0.29) is 5.91 Å². The number of carbonyl (C=O) groups excluding carboxylic acids is 1. The largest absolute Gasteiger partial charge is 0.368 e. The summed E-state index contributed by atoms with van der Waals surface area (Å²) >= 11 is 0. The number of amides is 1. The summed E-state index contributed by atoms with van der Waals surface area (Å²) in [4.78, 5) is 11.5. The molecule has 0 aliphatic heterocycles. The molecule has 1 atom stereocenters. The molecule has 0 aliphatic rings. The van der Waals surface area contributed by atoms with Gasteiger partial charge in [0.15, 0.2) is 0 Å². The number of nitrogens with one attached hydrogen (secondary N) is 1. The van der Waals surface area contributed by atoms with Crippen LogP contribution in [-0.2, 0) is 11.3 Å². The van der Waals surface area contributed by atoms with Gasteiger partial charge >= 0.3 is 0 Å². The number of nitrogens with zero attached hydrogens (tertiary/aromatic N) is 2. The number of primary amides is 1. The van der Waals surface area contributed by atoms with Crippen LogP contribution in [0.3, 0.4) is 0 Å². The Kier molecular flexibility index (Phi) is 5.85. The van der Waals surface area contributed by atoms with Gasteiger partial charge in [-0.2, -0.15) is 5.10 Å². The van der Waals surface area contributed by atoms with Crippen LogP contribution in [-0.4, -0.2) is 27.8 Å². The number of nitrogens with two attached hydrogens (primary N) is 1. The Labute approximate surface area is 109 Å². The van der Waals surface area contributed by atoms with Gasteiger partial charge in [-0.25, -0.2) is 0 Å². The summed E-state index contributed by atoms with van der Waals surface area (Å²) in [6, 6.07) is 1.91. The molecule has 1 amide bonds. The van der Waals surface area contributed by atoms with Gasteiger partial charge in [-0.15, -0.1) is 0 Å². The van der Waals surface area contributed by atoms with Crippen LogP contribution >= 0.6 is 0 Å². The molecule has 1 heterocycles. The summed E-state index contributed by atoms with van der Waals surface area (Å²) in [6.07, 6.45) is 7.44. The van der Waals surface area contributed by atoms with Crippen molar-refractivity contribution in [1.82, 2.24) is 15.1 Å². The molecule has 0 saturated carbocycles. The van der Waals surface area contributed by atoms with Crippen molar-refractivity contribution in [3.8, 4) is 0 Å². The molecule has 1 aromatic rings. The van der Waals surface area contributed by atoms with Crippen LogP contribution in [0.5, 0.6) is 0 Å². The third-order valence-corrected chi connectivity index (χ3v) is 3.18. The van der Waals surface area contributed by atoms with E-state index in [4.69, 9.17) is 5.73 Å². The van der Waals surface area contributed by atoms with Crippen molar-refractivity contribution in [3.63, 3.8) is 0 Å². The zero-order valence-corrected chi connectivity index (χ0v) is 11.4. The summed E-state index contributed by atoms with van der Waals surface area (Å²) in [6.45, 7) is 5.67. The maximum Gasteiger partial charge on any atom is 0.237 e. The van der Waals surface area contributed by atoms with Gasteiger partial charge in [0.25, 0.3) is 0 Å². The molecule has 0 fully saturated rings. The summed E-state index contributed by atoms with van der Waals surface area (Å²) in [5.74, 6) is -0.268. The van der Waals surface area contributed by atoms with E-state index in [1.807, 2.05) is 23.9 Å². The Morgan fingerprint density at radius 2 is 2.28 bits per heavy atom. The number of aryl methyl sites for hydroxylation is 1. The second-order valence-corrected chi connectivity index (χ2v) is 4.85. The predicted octanol–water partition coefficient (Wildman–Crippen LogP) is 1.30. The topological polar surface area (TPSA) is 72.9 Å². The fourth-order valence-corrected chi connectivity index (χ4v) is 1.88. The summed E-state index contributed by atoms with van der Waals surface area (Å²) < 4.78 is 1.90. The molecular weight excluding hydrogens is 228 g/mol. The van der Waals surface area contributed by atoms with Crippen LogP contribution in [0.2, 0.25) is 0 Å². The molecule has 0 aliphatic carbocycles. The van der Waals surface area contributed by atoms with E-state index in [0.717, 1.165) is 38.8 Å². The lowest BCUT2D eigenvalue weighted by molar-refractivity contribution is -0.124. The quantitative estimate of drug-likeness (QED) is 0.651. The first kappa shape index (κ1) is 14.7. The number of hydrogen-bond acceptors (Lipinski definition) is 3. The van der Waals surface area contributed by atoms with Gasteiger partial charge < -0.3 is 11.1 Å². The SMILES string of the molecule is CCCNC(C)(CCCCn1cccn1)C(N)=O. The molecule has 5 heteroatoms. The standard InChI is InChI=1S/C13H24N4O/c1-3-8-15-13(2,12(14)18)7-4-5-10-17-11-6-9-16-17/h6,9,11,15H,3-5,7-8,10H2,1-2H3,(H2,14,18). The van der Waals surface area contributed by atoms with Crippen molar-refractivity contribution in [2.75, 3.05) is 6.54 Å². The van der Waals surface area contributed by atoms with E-state index in [1.165, 1.54) is 0 Å². The normalized spacial score (nSPS) is 14.3. The molecule has 102 valence electrons. The molecule has 3 N–H and O–H groups in total. The third kappa shape index (κ3) is 4.49. The van der Waals surface area contributed by atoms with Crippen molar-refractivity contribution in [3.05, 3.63) is 18.5 Å². The average Bonchev–Trinajstić information content (AvgIpc) is 2.85. The molecular formula is C13H24N4O. The highest BCUT2D eigenvalue weighted by molar-refractivity contribution is 5.84. The lowest BCUT2D eigenvalue weighted by atomic mass is 9.94. The van der Waals surface area contributed by atoms with E-state index in [9.17, 15) is 4.79 Å². The third-order valence-electron chi connectivity index (χ3n) is 3.18. The van der Waals surface area contributed by atoms with Gasteiger partial charge in [0.05, 0.1) is 5.54 Å². The second-order valence-electron chi connectivity index (χ2n) is 4.85. The first-order valence-corrected chi connectivity index (χ1v) is 6.61. The van der Waals surface area contributed by atoms with Crippen LogP contribution in [0.15, 0.2) is 18.5 Å². The molecule has 1 unspecified atom stereocenters. The van der Waals surface area contributed by atoms with Crippen molar-refractivity contribution in [2.24, 2.45) is 5.73 Å². The lowest BCUT2D eigenvalue weighted by Gasteiger charge is -2.27. The van der Waals surface area contributed by atoms with E-state index in [0.29, 0.717) is 0 Å². The molecule has 0 aromatic carbocycles. The molecule has 5 nitrogen and oxygen atoms in total. The Bertz CT molecular complexity index is 350. The molecule has 0 saturated heterocycles. The zero-order valence-electron chi connectivity index (χ0n) is 11.4. The smallest absolute Gasteiger partial charge is 0.237 e. The van der Waals surface area contributed by atoms with E-state index < -0.39 is 5.54 Å². The lowest BCUT2D eigenvalue weighted by Crippen LogP contribution is -2.53. The number of hydrogen-bond donors (Lipinski definition) is 2. The number of aromatic nitrogens is 2. The van der Waals surface area contributed by atoms with Gasteiger partial charge in [0.1, 0.15) is 0 Å². The minimum Gasteiger partial charge on any atom is -0.368 e. The fourth-order valence-electron chi connectivity index (χ4n) is 1.88. The van der Waals surface area contributed by atoms with Crippen LogP contribution in [0.25, 0.3) is 0 Å². The second kappa shape index (κ2) is 7.16. The van der Waals surface area contributed by atoms with Gasteiger partial charge in [0, 0.05) is 18.9 Å². The number of carbonyl (C=O) groups is 1. The average molecular weight is 252 g/mol. The van der Waals surface area contributed by atoms with Crippen molar-refractivity contribution >= 4 is 5.91 Å². The Balaban J connectivity index is 2.31. The summed E-state index contributed by atoms with van der Waals surface area (Å²) in [5, 5.41) is 7.39. The van der Waals surface area contributed by atoms with Gasteiger partial charge in [0.2, 0.25) is 5.91 Å². The highest BCUT2D eigenvalue weighted by atomic mass is 16.1. The Morgan fingerprint density at radius 1 is 1.50 bits per heavy atom. The summed E-state index contributed by atoms with van der Waals surface area (Å²) in [7, 11) is 0. The first-order valence-electron chi connectivity index (χ1n) is 6.61. The fraction of sp³-hybridized carbons (Fsp3) is 0.692. The number of unbranched alkanes of at least 4 members (excludes halogenated alkanes) is 1. The Morgan fingerprint density at radius 3 is 2.83 bits per heavy atom. The van der Waals surface area contributed by atoms with Crippen LogP contribution in [0.1, 0.15) is 39.5 Å². The van der Waals surface area contributed by atoms with Gasteiger partial charge in [-0.1, -0.05) is 6.92 Å². The van der Waals surface area contributed by atoms with Crippen molar-refractivity contribution in [2.45, 2.75) is 51.6 Å². The molecule has 0 bridgehead atoms. The molecule has 1 aromatic heterocycles. The van der Waals surface area contributed by atoms with Crippen LogP contribution in [0, 0.1) is 0 Å².